The predicted molar refractivity (Wildman–Crippen MR) is 96.5 cm³/mol. The molecule has 1 N–H and O–H groups in total. The summed E-state index contributed by atoms with van der Waals surface area (Å²) >= 11 is 0. The van der Waals surface area contributed by atoms with Gasteiger partial charge in [0.25, 0.3) is 0 Å². The molecule has 1 aliphatic heterocycles. The third-order valence-corrected chi connectivity index (χ3v) is 4.51. The van der Waals surface area contributed by atoms with Crippen LogP contribution in [0.4, 0.5) is 15.8 Å². The van der Waals surface area contributed by atoms with Gasteiger partial charge in [0, 0.05) is 31.3 Å². The first-order valence-corrected chi connectivity index (χ1v) is 8.50. The number of amides is 2. The van der Waals surface area contributed by atoms with E-state index in [0.717, 1.165) is 17.7 Å². The number of halogens is 1. The van der Waals surface area contributed by atoms with Gasteiger partial charge >= 0.3 is 5.69 Å². The predicted octanol–water partition coefficient (Wildman–Crippen LogP) is 2.76. The minimum atomic E-state index is -0.971. The van der Waals surface area contributed by atoms with Gasteiger partial charge in [-0.05, 0) is 24.1 Å². The second-order valence-electron chi connectivity index (χ2n) is 6.39. The number of carbonyl (C=O) groups excluding carboxylic acids is 2. The maximum atomic E-state index is 13.4. The van der Waals surface area contributed by atoms with E-state index in [1.54, 1.807) is 4.90 Å². The van der Waals surface area contributed by atoms with Crippen molar-refractivity contribution in [2.24, 2.45) is 5.92 Å². The Balaban J connectivity index is 1.59. The molecule has 8 heteroatoms. The lowest BCUT2D eigenvalue weighted by Gasteiger charge is -2.16. The van der Waals surface area contributed by atoms with Crippen molar-refractivity contribution in [3.63, 3.8) is 0 Å². The van der Waals surface area contributed by atoms with Crippen LogP contribution in [0.3, 0.4) is 0 Å². The lowest BCUT2D eigenvalue weighted by molar-refractivity contribution is -0.387. The number of carbonyl (C=O) groups is 2. The van der Waals surface area contributed by atoms with E-state index in [1.807, 2.05) is 30.3 Å². The van der Waals surface area contributed by atoms with Gasteiger partial charge in [-0.1, -0.05) is 30.3 Å². The van der Waals surface area contributed by atoms with Crippen molar-refractivity contribution in [2.45, 2.75) is 12.8 Å². The van der Waals surface area contributed by atoms with Crippen LogP contribution in [0.5, 0.6) is 0 Å². The lowest BCUT2D eigenvalue weighted by atomic mass is 10.1. The van der Waals surface area contributed by atoms with Crippen molar-refractivity contribution in [1.29, 1.82) is 0 Å². The van der Waals surface area contributed by atoms with Crippen LogP contribution in [0.15, 0.2) is 48.5 Å². The van der Waals surface area contributed by atoms with E-state index in [-0.39, 0.29) is 18.0 Å². The lowest BCUT2D eigenvalue weighted by Crippen LogP contribution is -2.30. The van der Waals surface area contributed by atoms with Crippen molar-refractivity contribution >= 4 is 23.2 Å². The van der Waals surface area contributed by atoms with Gasteiger partial charge in [-0.2, -0.15) is 4.39 Å². The Hall–Kier alpha value is -3.29. The zero-order chi connectivity index (χ0) is 19.4. The topological polar surface area (TPSA) is 92.5 Å². The van der Waals surface area contributed by atoms with E-state index in [0.29, 0.717) is 19.5 Å². The fourth-order valence-corrected chi connectivity index (χ4v) is 3.05. The molecule has 0 unspecified atom stereocenters. The molecule has 7 nitrogen and oxygen atoms in total. The van der Waals surface area contributed by atoms with Gasteiger partial charge < -0.3 is 10.2 Å². The summed E-state index contributed by atoms with van der Waals surface area (Å²) in [7, 11) is 0. The molecule has 2 aromatic carbocycles. The first-order valence-electron chi connectivity index (χ1n) is 8.50. The maximum absolute atomic E-state index is 13.4. The summed E-state index contributed by atoms with van der Waals surface area (Å²) in [5.41, 5.74) is 0.528. The fraction of sp³-hybridized carbons (Fsp3) is 0.263. The van der Waals surface area contributed by atoms with E-state index in [9.17, 15) is 24.1 Å². The number of benzene rings is 2. The number of hydrogen-bond donors (Lipinski definition) is 1. The minimum absolute atomic E-state index is 0.0872. The van der Waals surface area contributed by atoms with Crippen LogP contribution < -0.4 is 5.32 Å². The maximum Gasteiger partial charge on any atom is 0.306 e. The molecule has 0 bridgehead atoms. The number of nitro benzene ring substituents is 1. The van der Waals surface area contributed by atoms with Gasteiger partial charge in [-0.3, -0.25) is 19.7 Å². The Morgan fingerprint density at radius 1 is 1.26 bits per heavy atom. The van der Waals surface area contributed by atoms with Gasteiger partial charge in [0.05, 0.1) is 10.8 Å². The summed E-state index contributed by atoms with van der Waals surface area (Å²) in [5, 5.41) is 13.3. The molecule has 27 heavy (non-hydrogen) atoms. The monoisotopic (exact) mass is 371 g/mol. The smallest absolute Gasteiger partial charge is 0.306 e. The number of rotatable bonds is 6. The largest absolute Gasteiger partial charge is 0.342 e. The Morgan fingerprint density at radius 3 is 2.70 bits per heavy atom. The summed E-state index contributed by atoms with van der Waals surface area (Å²) in [5.74, 6) is -2.03. The molecule has 0 aliphatic carbocycles. The number of nitrogens with one attached hydrogen (secondary N) is 1. The van der Waals surface area contributed by atoms with E-state index in [4.69, 9.17) is 0 Å². The van der Waals surface area contributed by atoms with E-state index in [1.165, 1.54) is 6.07 Å². The van der Waals surface area contributed by atoms with Crippen LogP contribution >= 0.6 is 0 Å². The molecule has 0 saturated carbocycles. The molecule has 1 heterocycles. The summed E-state index contributed by atoms with van der Waals surface area (Å²) in [6, 6.07) is 12.9. The Labute approximate surface area is 154 Å². The van der Waals surface area contributed by atoms with Crippen LogP contribution in [0, 0.1) is 21.8 Å². The average Bonchev–Trinajstić information content (AvgIpc) is 3.03. The average molecular weight is 371 g/mol. The number of nitro groups is 1. The summed E-state index contributed by atoms with van der Waals surface area (Å²) in [4.78, 5) is 36.1. The molecular formula is C19H18FN3O4. The minimum Gasteiger partial charge on any atom is -0.342 e. The quantitative estimate of drug-likeness (QED) is 0.624. The molecular weight excluding hydrogens is 353 g/mol. The highest BCUT2D eigenvalue weighted by Crippen LogP contribution is 2.24. The summed E-state index contributed by atoms with van der Waals surface area (Å²) in [6.45, 7) is 0.815. The first-order chi connectivity index (χ1) is 12.9. The van der Waals surface area contributed by atoms with E-state index < -0.39 is 28.3 Å². The highest BCUT2D eigenvalue weighted by Gasteiger charge is 2.34. The molecule has 140 valence electrons. The third-order valence-electron chi connectivity index (χ3n) is 4.51. The van der Waals surface area contributed by atoms with Crippen molar-refractivity contribution in [1.82, 2.24) is 4.90 Å². The molecule has 2 aromatic rings. The highest BCUT2D eigenvalue weighted by molar-refractivity contribution is 5.97. The van der Waals surface area contributed by atoms with Crippen molar-refractivity contribution in [2.75, 3.05) is 18.4 Å². The van der Waals surface area contributed by atoms with Gasteiger partial charge in [0.2, 0.25) is 17.6 Å². The molecule has 1 aliphatic rings. The highest BCUT2D eigenvalue weighted by atomic mass is 19.1. The van der Waals surface area contributed by atoms with Crippen molar-refractivity contribution in [3.8, 4) is 0 Å². The zero-order valence-electron chi connectivity index (χ0n) is 14.4. The van der Waals surface area contributed by atoms with E-state index in [2.05, 4.69) is 5.32 Å². The summed E-state index contributed by atoms with van der Waals surface area (Å²) in [6.07, 6.45) is 0.787. The van der Waals surface area contributed by atoms with Gasteiger partial charge in [0.1, 0.15) is 0 Å². The van der Waals surface area contributed by atoms with E-state index >= 15 is 0 Å². The number of anilines is 1. The number of likely N-dealkylation sites (tertiary alicyclic amines) is 1. The zero-order valence-corrected chi connectivity index (χ0v) is 14.4. The molecule has 1 saturated heterocycles. The Kier molecular flexibility index (Phi) is 5.44. The summed E-state index contributed by atoms with van der Waals surface area (Å²) < 4.78 is 13.4. The molecule has 1 fully saturated rings. The third kappa shape index (κ3) is 4.46. The number of nitrogens with zero attached hydrogens (tertiary/aromatic N) is 2. The van der Waals surface area contributed by atoms with Crippen molar-refractivity contribution in [3.05, 3.63) is 70.0 Å². The van der Waals surface area contributed by atoms with Crippen LogP contribution in [0.25, 0.3) is 0 Å². The second-order valence-corrected chi connectivity index (χ2v) is 6.39. The molecule has 2 amide bonds. The van der Waals surface area contributed by atoms with Crippen LogP contribution in [-0.2, 0) is 16.0 Å². The Morgan fingerprint density at radius 2 is 2.00 bits per heavy atom. The van der Waals surface area contributed by atoms with Crippen LogP contribution in [-0.4, -0.2) is 34.7 Å². The van der Waals surface area contributed by atoms with Gasteiger partial charge in [0.15, 0.2) is 0 Å². The molecule has 3 rings (SSSR count). The molecule has 0 aromatic heterocycles. The standard InChI is InChI=1S/C19H18FN3O4/c20-16-7-6-15(11-17(16)23(26)27)21-19(25)14-10-18(24)22(12-14)9-8-13-4-2-1-3-5-13/h1-7,11,14H,8-10,12H2,(H,21,25)/t14-/m0/s1. The number of hydrogen-bond acceptors (Lipinski definition) is 4. The SMILES string of the molecule is O=C(Nc1ccc(F)c([N+](=O)[O-])c1)[C@H]1CC(=O)N(CCc2ccccc2)C1. The van der Waals surface area contributed by atoms with Crippen molar-refractivity contribution < 1.29 is 18.9 Å². The van der Waals surface area contributed by atoms with Gasteiger partial charge in [-0.15, -0.1) is 0 Å². The normalized spacial score (nSPS) is 16.4. The molecule has 0 radical (unpaired) electrons. The fourth-order valence-electron chi connectivity index (χ4n) is 3.05. The van der Waals surface area contributed by atoms with Crippen LogP contribution in [0.1, 0.15) is 12.0 Å². The van der Waals surface area contributed by atoms with Gasteiger partial charge in [-0.25, -0.2) is 0 Å². The van der Waals surface area contributed by atoms with Crippen LogP contribution in [0.2, 0.25) is 0 Å². The first kappa shape index (κ1) is 18.5. The molecule has 0 spiro atoms. The second kappa shape index (κ2) is 7.94. The Bertz CT molecular complexity index is 873. The molecule has 1 atom stereocenters.